The lowest BCUT2D eigenvalue weighted by Gasteiger charge is -2.44. The Kier molecular flexibility index (Phi) is 6.02. The van der Waals surface area contributed by atoms with E-state index in [0.717, 1.165) is 36.8 Å². The van der Waals surface area contributed by atoms with E-state index in [-0.39, 0.29) is 36.8 Å². The van der Waals surface area contributed by atoms with Gasteiger partial charge in [0.15, 0.2) is 0 Å². The van der Waals surface area contributed by atoms with E-state index in [4.69, 9.17) is 4.74 Å². The van der Waals surface area contributed by atoms with Crippen LogP contribution in [0, 0.1) is 5.82 Å². The van der Waals surface area contributed by atoms with Crippen LogP contribution in [0.5, 0.6) is 5.75 Å². The minimum Gasteiger partial charge on any atom is -0.497 e. The fraction of sp³-hybridized carbons (Fsp3) is 0.417. The summed E-state index contributed by atoms with van der Waals surface area (Å²) >= 11 is 0. The molecule has 0 unspecified atom stereocenters. The molecule has 1 saturated carbocycles. The number of nitrogens with zero attached hydrogens (tertiary/aromatic N) is 2. The van der Waals surface area contributed by atoms with Crippen LogP contribution in [0.3, 0.4) is 0 Å². The van der Waals surface area contributed by atoms with Crippen LogP contribution in [0.1, 0.15) is 49.3 Å². The van der Waals surface area contributed by atoms with Crippen molar-refractivity contribution >= 4 is 11.8 Å². The first-order valence-corrected chi connectivity index (χ1v) is 10.5. The van der Waals surface area contributed by atoms with Crippen molar-refractivity contribution in [3.63, 3.8) is 0 Å². The number of ether oxygens (including phenoxy) is 1. The highest BCUT2D eigenvalue weighted by Crippen LogP contribution is 2.34. The Morgan fingerprint density at radius 3 is 2.47 bits per heavy atom. The second-order valence-electron chi connectivity index (χ2n) is 8.09. The highest BCUT2D eigenvalue weighted by Gasteiger charge is 2.43. The molecule has 5 nitrogen and oxygen atoms in total. The smallest absolute Gasteiger partial charge is 0.250 e. The molecule has 2 amide bonds. The van der Waals surface area contributed by atoms with Gasteiger partial charge < -0.3 is 14.5 Å². The Hall–Kier alpha value is -2.89. The highest BCUT2D eigenvalue weighted by molar-refractivity contribution is 5.95. The van der Waals surface area contributed by atoms with Gasteiger partial charge in [0.1, 0.15) is 24.2 Å². The van der Waals surface area contributed by atoms with Crippen LogP contribution in [0.4, 0.5) is 4.39 Å². The lowest BCUT2D eigenvalue weighted by atomic mass is 9.91. The summed E-state index contributed by atoms with van der Waals surface area (Å²) in [6, 6.07) is 12.8. The third-order valence-electron chi connectivity index (χ3n) is 6.15. The normalized spacial score (nSPS) is 20.5. The molecule has 1 aliphatic heterocycles. The fourth-order valence-electron chi connectivity index (χ4n) is 4.55. The van der Waals surface area contributed by atoms with Gasteiger partial charge in [-0.25, -0.2) is 4.39 Å². The maximum atomic E-state index is 13.7. The molecular weight excluding hydrogens is 383 g/mol. The quantitative estimate of drug-likeness (QED) is 0.746. The van der Waals surface area contributed by atoms with Crippen LogP contribution in [-0.2, 0) is 16.1 Å². The van der Waals surface area contributed by atoms with Crippen molar-refractivity contribution in [3.05, 3.63) is 65.5 Å². The summed E-state index contributed by atoms with van der Waals surface area (Å²) < 4.78 is 18.7. The molecule has 2 aromatic rings. The molecule has 2 fully saturated rings. The van der Waals surface area contributed by atoms with Crippen LogP contribution < -0.4 is 4.74 Å². The average Bonchev–Trinajstić information content (AvgIpc) is 2.78. The van der Waals surface area contributed by atoms with Crippen LogP contribution in [-0.4, -0.2) is 41.3 Å². The Balaban J connectivity index is 1.68. The third kappa shape index (κ3) is 4.18. The molecule has 4 rings (SSSR count). The monoisotopic (exact) mass is 410 g/mol. The molecule has 0 aromatic heterocycles. The van der Waals surface area contributed by atoms with Crippen LogP contribution in [0.25, 0.3) is 0 Å². The number of benzene rings is 2. The largest absolute Gasteiger partial charge is 0.497 e. The van der Waals surface area contributed by atoms with Crippen molar-refractivity contribution in [1.29, 1.82) is 0 Å². The molecule has 158 valence electrons. The molecule has 6 heteroatoms. The Morgan fingerprint density at radius 2 is 1.77 bits per heavy atom. The second-order valence-corrected chi connectivity index (χ2v) is 8.09. The number of hydrogen-bond donors (Lipinski definition) is 0. The lowest BCUT2D eigenvalue weighted by Crippen LogP contribution is -2.58. The number of carbonyl (C=O) groups excluding carboxylic acids is 2. The van der Waals surface area contributed by atoms with Gasteiger partial charge in [-0.3, -0.25) is 9.59 Å². The molecule has 2 aromatic carbocycles. The van der Waals surface area contributed by atoms with E-state index in [0.29, 0.717) is 5.75 Å². The summed E-state index contributed by atoms with van der Waals surface area (Å²) in [6.45, 7) is 0.358. The topological polar surface area (TPSA) is 49.9 Å². The first-order valence-electron chi connectivity index (χ1n) is 10.5. The Labute approximate surface area is 176 Å². The van der Waals surface area contributed by atoms with E-state index in [9.17, 15) is 14.0 Å². The molecule has 0 radical (unpaired) electrons. The first-order chi connectivity index (χ1) is 14.6. The van der Waals surface area contributed by atoms with Gasteiger partial charge in [-0.2, -0.15) is 0 Å². The summed E-state index contributed by atoms with van der Waals surface area (Å²) in [7, 11) is 1.58. The predicted octanol–water partition coefficient (Wildman–Crippen LogP) is 4.08. The van der Waals surface area contributed by atoms with Crippen molar-refractivity contribution in [1.82, 2.24) is 9.80 Å². The molecule has 30 heavy (non-hydrogen) atoms. The minimum absolute atomic E-state index is 0.0446. The van der Waals surface area contributed by atoms with Crippen molar-refractivity contribution < 1.29 is 18.7 Å². The number of piperazine rings is 1. The van der Waals surface area contributed by atoms with Gasteiger partial charge in [-0.1, -0.05) is 43.5 Å². The Morgan fingerprint density at radius 1 is 1.03 bits per heavy atom. The number of amides is 2. The standard InChI is InChI=1S/C24H27FN2O3/c1-30-21-9-5-6-18(14-21)23-24(29)26(20-7-3-2-4-8-20)16-22(28)27(23)15-17-10-12-19(25)13-11-17/h5-6,9-14,20,23H,2-4,7-8,15-16H2,1H3/t23-/m0/s1. The van der Waals surface area contributed by atoms with Crippen LogP contribution in [0.15, 0.2) is 48.5 Å². The van der Waals surface area contributed by atoms with Crippen molar-refractivity contribution in [3.8, 4) is 5.75 Å². The minimum atomic E-state index is -0.715. The zero-order chi connectivity index (χ0) is 21.1. The van der Waals surface area contributed by atoms with Gasteiger partial charge in [-0.15, -0.1) is 0 Å². The van der Waals surface area contributed by atoms with Crippen LogP contribution >= 0.6 is 0 Å². The number of hydrogen-bond acceptors (Lipinski definition) is 3. The van der Waals surface area contributed by atoms with E-state index in [1.165, 1.54) is 18.6 Å². The van der Waals surface area contributed by atoms with Gasteiger partial charge in [-0.05, 0) is 48.2 Å². The van der Waals surface area contributed by atoms with Crippen molar-refractivity contribution in [2.45, 2.75) is 50.7 Å². The number of halogens is 1. The zero-order valence-electron chi connectivity index (χ0n) is 17.2. The summed E-state index contributed by atoms with van der Waals surface area (Å²) in [6.07, 6.45) is 5.25. The van der Waals surface area contributed by atoms with E-state index in [1.54, 1.807) is 29.0 Å². The molecule has 0 bridgehead atoms. The van der Waals surface area contributed by atoms with E-state index in [2.05, 4.69) is 0 Å². The predicted molar refractivity (Wildman–Crippen MR) is 111 cm³/mol. The highest BCUT2D eigenvalue weighted by atomic mass is 19.1. The zero-order valence-corrected chi connectivity index (χ0v) is 17.2. The molecular formula is C24H27FN2O3. The molecule has 1 atom stereocenters. The van der Waals surface area contributed by atoms with Gasteiger partial charge in [0.25, 0.3) is 5.91 Å². The Bertz CT molecular complexity index is 909. The number of rotatable bonds is 5. The molecule has 1 heterocycles. The van der Waals surface area contributed by atoms with Gasteiger partial charge >= 0.3 is 0 Å². The van der Waals surface area contributed by atoms with Crippen molar-refractivity contribution in [2.24, 2.45) is 0 Å². The van der Waals surface area contributed by atoms with Gasteiger partial charge in [0, 0.05) is 12.6 Å². The average molecular weight is 410 g/mol. The maximum absolute atomic E-state index is 13.7. The van der Waals surface area contributed by atoms with Crippen LogP contribution in [0.2, 0.25) is 0 Å². The molecule has 1 saturated heterocycles. The SMILES string of the molecule is COc1cccc([C@H]2C(=O)N(C3CCCCC3)CC(=O)N2Cc2ccc(F)cc2)c1. The third-order valence-corrected chi connectivity index (χ3v) is 6.15. The first kappa shape index (κ1) is 20.4. The van der Waals surface area contributed by atoms with Gasteiger partial charge in [0.05, 0.1) is 7.11 Å². The summed E-state index contributed by atoms with van der Waals surface area (Å²) in [5, 5.41) is 0. The fourth-order valence-corrected chi connectivity index (χ4v) is 4.55. The molecule has 1 aliphatic carbocycles. The number of carbonyl (C=O) groups is 2. The summed E-state index contributed by atoms with van der Waals surface area (Å²) in [5.41, 5.74) is 1.52. The lowest BCUT2D eigenvalue weighted by molar-refractivity contribution is -0.160. The maximum Gasteiger partial charge on any atom is 0.250 e. The molecule has 2 aliphatic rings. The summed E-state index contributed by atoms with van der Waals surface area (Å²) in [5.74, 6) is 0.186. The molecule has 0 spiro atoms. The molecule has 0 N–H and O–H groups in total. The van der Waals surface area contributed by atoms with Crippen molar-refractivity contribution in [2.75, 3.05) is 13.7 Å². The summed E-state index contributed by atoms with van der Waals surface area (Å²) in [4.78, 5) is 30.3. The van der Waals surface area contributed by atoms with E-state index in [1.807, 2.05) is 24.3 Å². The second kappa shape index (κ2) is 8.86. The number of methoxy groups -OCH3 is 1. The van der Waals surface area contributed by atoms with E-state index >= 15 is 0 Å². The van der Waals surface area contributed by atoms with E-state index < -0.39 is 6.04 Å². The van der Waals surface area contributed by atoms with Gasteiger partial charge in [0.2, 0.25) is 5.91 Å².